The summed E-state index contributed by atoms with van der Waals surface area (Å²) >= 11 is 0. The summed E-state index contributed by atoms with van der Waals surface area (Å²) in [5, 5.41) is 0. The molecule has 0 heterocycles. The number of ketones is 1. The average Bonchev–Trinajstić information content (AvgIpc) is 2.37. The Hall–Kier alpha value is -1.64. The standard InChI is InChI=1S/C15H20O3/c1-3-4-5-6-14(16)11-18-15(17)13-9-7-12(2)8-10-13/h7-10H,3-6,11H2,1-2H3. The smallest absolute Gasteiger partial charge is 0.338 e. The molecule has 98 valence electrons. The Kier molecular flexibility index (Phi) is 6.12. The molecule has 0 saturated heterocycles. The third-order valence-corrected chi connectivity index (χ3v) is 2.71. The monoisotopic (exact) mass is 248 g/mol. The van der Waals surface area contributed by atoms with Crippen LogP contribution in [0.15, 0.2) is 24.3 Å². The van der Waals surface area contributed by atoms with E-state index >= 15 is 0 Å². The highest BCUT2D eigenvalue weighted by Crippen LogP contribution is 2.05. The molecule has 0 spiro atoms. The molecule has 0 aliphatic carbocycles. The minimum Gasteiger partial charge on any atom is -0.454 e. The molecule has 0 N–H and O–H groups in total. The van der Waals surface area contributed by atoms with Gasteiger partial charge in [-0.25, -0.2) is 4.79 Å². The fraction of sp³-hybridized carbons (Fsp3) is 0.467. The molecule has 3 heteroatoms. The van der Waals surface area contributed by atoms with Gasteiger partial charge in [0.15, 0.2) is 5.78 Å². The van der Waals surface area contributed by atoms with Crippen LogP contribution in [0.5, 0.6) is 0 Å². The van der Waals surface area contributed by atoms with Crippen LogP contribution in [0.25, 0.3) is 0 Å². The van der Waals surface area contributed by atoms with E-state index in [2.05, 4.69) is 6.92 Å². The van der Waals surface area contributed by atoms with E-state index in [1.165, 1.54) is 0 Å². The first-order chi connectivity index (χ1) is 8.63. The molecule has 0 aromatic heterocycles. The lowest BCUT2D eigenvalue weighted by molar-refractivity contribution is -0.122. The first-order valence-corrected chi connectivity index (χ1v) is 6.39. The number of unbranched alkanes of at least 4 members (excludes halogenated alkanes) is 2. The molecule has 0 radical (unpaired) electrons. The second-order valence-electron chi connectivity index (χ2n) is 4.44. The molecule has 1 aromatic rings. The van der Waals surface area contributed by atoms with Gasteiger partial charge in [-0.3, -0.25) is 4.79 Å². The van der Waals surface area contributed by atoms with Crippen LogP contribution in [0, 0.1) is 6.92 Å². The van der Waals surface area contributed by atoms with Crippen LogP contribution in [0.3, 0.4) is 0 Å². The highest BCUT2D eigenvalue weighted by atomic mass is 16.5. The molecule has 0 unspecified atom stereocenters. The van der Waals surface area contributed by atoms with E-state index in [1.54, 1.807) is 12.1 Å². The average molecular weight is 248 g/mol. The molecule has 0 saturated carbocycles. The Labute approximate surface area is 108 Å². The van der Waals surface area contributed by atoms with Crippen molar-refractivity contribution in [2.45, 2.75) is 39.5 Å². The minimum absolute atomic E-state index is 0.0103. The zero-order chi connectivity index (χ0) is 13.4. The van der Waals surface area contributed by atoms with Crippen molar-refractivity contribution in [1.82, 2.24) is 0 Å². The zero-order valence-corrected chi connectivity index (χ0v) is 11.1. The highest BCUT2D eigenvalue weighted by Gasteiger charge is 2.09. The van der Waals surface area contributed by atoms with Crippen LogP contribution in [0.2, 0.25) is 0 Å². The van der Waals surface area contributed by atoms with Crippen LogP contribution in [-0.2, 0) is 9.53 Å². The van der Waals surface area contributed by atoms with E-state index in [0.29, 0.717) is 12.0 Å². The van der Waals surface area contributed by atoms with Crippen molar-refractivity contribution in [1.29, 1.82) is 0 Å². The molecule has 0 fully saturated rings. The second-order valence-corrected chi connectivity index (χ2v) is 4.44. The molecule has 1 aromatic carbocycles. The summed E-state index contributed by atoms with van der Waals surface area (Å²) in [6.45, 7) is 3.92. The summed E-state index contributed by atoms with van der Waals surface area (Å²) in [5.41, 5.74) is 1.57. The van der Waals surface area contributed by atoms with Gasteiger partial charge in [0.2, 0.25) is 0 Å². The van der Waals surface area contributed by atoms with Crippen molar-refractivity contribution in [2.75, 3.05) is 6.61 Å². The molecule has 0 amide bonds. The van der Waals surface area contributed by atoms with Crippen LogP contribution in [-0.4, -0.2) is 18.4 Å². The van der Waals surface area contributed by atoms with Gasteiger partial charge in [-0.2, -0.15) is 0 Å². The number of carbonyl (C=O) groups excluding carboxylic acids is 2. The van der Waals surface area contributed by atoms with Gasteiger partial charge in [-0.05, 0) is 25.5 Å². The number of aryl methyl sites for hydroxylation is 1. The number of benzene rings is 1. The van der Waals surface area contributed by atoms with E-state index in [0.717, 1.165) is 24.8 Å². The molecule has 18 heavy (non-hydrogen) atoms. The molecule has 0 aliphatic rings. The molecule has 3 nitrogen and oxygen atoms in total. The van der Waals surface area contributed by atoms with Gasteiger partial charge in [0.05, 0.1) is 5.56 Å². The van der Waals surface area contributed by atoms with Gasteiger partial charge >= 0.3 is 5.97 Å². The number of esters is 1. The number of rotatable bonds is 7. The van der Waals surface area contributed by atoms with E-state index < -0.39 is 5.97 Å². The van der Waals surface area contributed by atoms with Gasteiger partial charge in [0.1, 0.15) is 6.61 Å². The van der Waals surface area contributed by atoms with Crippen LogP contribution >= 0.6 is 0 Å². The molecule has 0 aliphatic heterocycles. The summed E-state index contributed by atoms with van der Waals surface area (Å²) in [4.78, 5) is 23.0. The number of Topliss-reactive ketones (excluding diaryl/α,β-unsaturated/α-hetero) is 1. The molecule has 0 atom stereocenters. The first-order valence-electron chi connectivity index (χ1n) is 6.39. The molecular weight excluding hydrogens is 228 g/mol. The van der Waals surface area contributed by atoms with Crippen molar-refractivity contribution >= 4 is 11.8 Å². The van der Waals surface area contributed by atoms with E-state index in [1.807, 2.05) is 19.1 Å². The quantitative estimate of drug-likeness (QED) is 0.549. The SMILES string of the molecule is CCCCCC(=O)COC(=O)c1ccc(C)cc1. The van der Waals surface area contributed by atoms with Crippen molar-refractivity contribution < 1.29 is 14.3 Å². The topological polar surface area (TPSA) is 43.4 Å². The van der Waals surface area contributed by atoms with Crippen molar-refractivity contribution in [3.8, 4) is 0 Å². The van der Waals surface area contributed by atoms with Gasteiger partial charge in [-0.15, -0.1) is 0 Å². The summed E-state index contributed by atoms with van der Waals surface area (Å²) < 4.78 is 4.97. The van der Waals surface area contributed by atoms with Gasteiger partial charge in [-0.1, -0.05) is 37.5 Å². The maximum absolute atomic E-state index is 11.6. The maximum atomic E-state index is 11.6. The highest BCUT2D eigenvalue weighted by molar-refractivity contribution is 5.91. The molecule has 1 rings (SSSR count). The summed E-state index contributed by atoms with van der Waals surface area (Å²) in [6.07, 6.45) is 3.49. The van der Waals surface area contributed by atoms with E-state index in [-0.39, 0.29) is 12.4 Å². The lowest BCUT2D eigenvalue weighted by atomic mass is 10.1. The first kappa shape index (κ1) is 14.4. The zero-order valence-electron chi connectivity index (χ0n) is 11.1. The predicted octanol–water partition coefficient (Wildman–Crippen LogP) is 3.30. The summed E-state index contributed by atoms with van der Waals surface area (Å²) in [7, 11) is 0. The number of carbonyl (C=O) groups is 2. The van der Waals surface area contributed by atoms with Gasteiger partial charge < -0.3 is 4.74 Å². The van der Waals surface area contributed by atoms with Gasteiger partial charge in [0.25, 0.3) is 0 Å². The van der Waals surface area contributed by atoms with Crippen molar-refractivity contribution in [3.63, 3.8) is 0 Å². The van der Waals surface area contributed by atoms with Crippen LogP contribution < -0.4 is 0 Å². The lowest BCUT2D eigenvalue weighted by Crippen LogP contribution is -2.13. The number of hydrogen-bond acceptors (Lipinski definition) is 3. The fourth-order valence-electron chi connectivity index (χ4n) is 1.56. The van der Waals surface area contributed by atoms with Gasteiger partial charge in [0, 0.05) is 6.42 Å². The number of ether oxygens (including phenoxy) is 1. The maximum Gasteiger partial charge on any atom is 0.338 e. The lowest BCUT2D eigenvalue weighted by Gasteiger charge is -2.04. The predicted molar refractivity (Wildman–Crippen MR) is 70.6 cm³/mol. The third-order valence-electron chi connectivity index (χ3n) is 2.71. The Morgan fingerprint density at radius 3 is 2.39 bits per heavy atom. The molecular formula is C15H20O3. The summed E-state index contributed by atoms with van der Waals surface area (Å²) in [5.74, 6) is -0.442. The molecule has 0 bridgehead atoms. The fourth-order valence-corrected chi connectivity index (χ4v) is 1.56. The van der Waals surface area contributed by atoms with Crippen molar-refractivity contribution in [2.24, 2.45) is 0 Å². The number of hydrogen-bond donors (Lipinski definition) is 0. The van der Waals surface area contributed by atoms with Crippen molar-refractivity contribution in [3.05, 3.63) is 35.4 Å². The van der Waals surface area contributed by atoms with E-state index in [9.17, 15) is 9.59 Å². The normalized spacial score (nSPS) is 10.1. The summed E-state index contributed by atoms with van der Waals surface area (Å²) in [6, 6.07) is 7.11. The third kappa shape index (κ3) is 5.13. The van der Waals surface area contributed by atoms with E-state index in [4.69, 9.17) is 4.74 Å². The minimum atomic E-state index is -0.432. The Morgan fingerprint density at radius 1 is 1.11 bits per heavy atom. The van der Waals surface area contributed by atoms with Crippen LogP contribution in [0.4, 0.5) is 0 Å². The van der Waals surface area contributed by atoms with Crippen LogP contribution in [0.1, 0.15) is 48.5 Å². The Balaban J connectivity index is 2.32. The Bertz CT molecular complexity index is 393. The largest absolute Gasteiger partial charge is 0.454 e. The second kappa shape index (κ2) is 7.64. The Morgan fingerprint density at radius 2 is 1.78 bits per heavy atom.